The summed E-state index contributed by atoms with van der Waals surface area (Å²) in [5.41, 5.74) is 1.61. The molecule has 0 spiro atoms. The Balaban J connectivity index is 1.43. The van der Waals surface area contributed by atoms with Crippen molar-refractivity contribution in [3.63, 3.8) is 0 Å². The average Bonchev–Trinajstić information content (AvgIpc) is 3.52. The number of fused-ring (bicyclic) bond motifs is 1. The largest absolute Gasteiger partial charge is 0.486 e. The number of halogens is 1. The zero-order chi connectivity index (χ0) is 18.8. The first kappa shape index (κ1) is 18.1. The van der Waals surface area contributed by atoms with Gasteiger partial charge in [0.2, 0.25) is 5.91 Å². The highest BCUT2D eigenvalue weighted by atomic mass is 35.5. The first-order valence-electron chi connectivity index (χ1n) is 9.23. The monoisotopic (exact) mass is 387 g/mol. The summed E-state index contributed by atoms with van der Waals surface area (Å²) in [4.78, 5) is 12.8. The summed E-state index contributed by atoms with van der Waals surface area (Å²) >= 11 is 6.23. The first-order chi connectivity index (χ1) is 13.1. The van der Waals surface area contributed by atoms with Gasteiger partial charge in [0, 0.05) is 6.54 Å². The van der Waals surface area contributed by atoms with Gasteiger partial charge in [-0.05, 0) is 42.0 Å². The molecule has 2 aliphatic rings. The lowest BCUT2D eigenvalue weighted by molar-refractivity contribution is -0.123. The molecule has 2 atom stereocenters. The van der Waals surface area contributed by atoms with E-state index in [9.17, 15) is 9.90 Å². The van der Waals surface area contributed by atoms with E-state index in [4.69, 9.17) is 21.1 Å². The van der Waals surface area contributed by atoms with E-state index in [2.05, 4.69) is 5.32 Å². The van der Waals surface area contributed by atoms with Gasteiger partial charge >= 0.3 is 0 Å². The predicted molar refractivity (Wildman–Crippen MR) is 102 cm³/mol. The molecule has 1 aliphatic heterocycles. The Morgan fingerprint density at radius 2 is 1.89 bits per heavy atom. The zero-order valence-corrected chi connectivity index (χ0v) is 15.6. The van der Waals surface area contributed by atoms with Gasteiger partial charge in [-0.1, -0.05) is 41.9 Å². The second-order valence-corrected chi connectivity index (χ2v) is 7.42. The summed E-state index contributed by atoms with van der Waals surface area (Å²) in [7, 11) is 0. The minimum Gasteiger partial charge on any atom is -0.486 e. The number of aliphatic hydroxyl groups is 1. The lowest BCUT2D eigenvalue weighted by Gasteiger charge is -2.22. The van der Waals surface area contributed by atoms with E-state index in [1.807, 2.05) is 30.3 Å². The van der Waals surface area contributed by atoms with Crippen molar-refractivity contribution < 1.29 is 19.4 Å². The topological polar surface area (TPSA) is 67.8 Å². The lowest BCUT2D eigenvalue weighted by atomic mass is 9.93. The summed E-state index contributed by atoms with van der Waals surface area (Å²) in [5, 5.41) is 13.8. The molecule has 2 aromatic carbocycles. The Hall–Kier alpha value is -2.24. The normalized spacial score (nSPS) is 17.9. The van der Waals surface area contributed by atoms with Gasteiger partial charge < -0.3 is 19.9 Å². The van der Waals surface area contributed by atoms with Crippen molar-refractivity contribution in [2.24, 2.45) is 5.92 Å². The Morgan fingerprint density at radius 1 is 1.15 bits per heavy atom. The summed E-state index contributed by atoms with van der Waals surface area (Å²) in [6, 6.07) is 13.2. The van der Waals surface area contributed by atoms with Crippen LogP contribution in [-0.2, 0) is 4.79 Å². The van der Waals surface area contributed by atoms with Crippen LogP contribution in [0, 0.1) is 5.92 Å². The van der Waals surface area contributed by atoms with E-state index in [-0.39, 0.29) is 18.4 Å². The van der Waals surface area contributed by atoms with Crippen molar-refractivity contribution in [2.45, 2.75) is 24.9 Å². The minimum absolute atomic E-state index is 0.0496. The molecule has 1 amide bonds. The maximum atomic E-state index is 12.8. The highest BCUT2D eigenvalue weighted by Crippen LogP contribution is 2.43. The molecule has 5 nitrogen and oxygen atoms in total. The molecule has 1 fully saturated rings. The van der Waals surface area contributed by atoms with Crippen LogP contribution in [0.5, 0.6) is 11.5 Å². The van der Waals surface area contributed by atoms with Gasteiger partial charge in [-0.15, -0.1) is 0 Å². The van der Waals surface area contributed by atoms with Crippen LogP contribution in [0.15, 0.2) is 42.5 Å². The van der Waals surface area contributed by atoms with Gasteiger partial charge in [0.25, 0.3) is 0 Å². The van der Waals surface area contributed by atoms with Gasteiger partial charge in [-0.25, -0.2) is 0 Å². The molecule has 2 unspecified atom stereocenters. The van der Waals surface area contributed by atoms with Crippen molar-refractivity contribution in [2.75, 3.05) is 19.8 Å². The van der Waals surface area contributed by atoms with Crippen molar-refractivity contribution in [3.8, 4) is 11.5 Å². The van der Waals surface area contributed by atoms with Crippen LogP contribution in [-0.4, -0.2) is 30.8 Å². The number of hydrogen-bond donors (Lipinski definition) is 2. The van der Waals surface area contributed by atoms with Gasteiger partial charge in [-0.2, -0.15) is 0 Å². The maximum Gasteiger partial charge on any atom is 0.227 e. The van der Waals surface area contributed by atoms with Crippen LogP contribution < -0.4 is 14.8 Å². The van der Waals surface area contributed by atoms with Crippen molar-refractivity contribution in [3.05, 3.63) is 58.6 Å². The second kappa shape index (κ2) is 7.79. The fraction of sp³-hybridized carbons (Fsp3) is 0.381. The first-order valence-corrected chi connectivity index (χ1v) is 9.61. The smallest absolute Gasteiger partial charge is 0.227 e. The molecule has 0 aromatic heterocycles. The van der Waals surface area contributed by atoms with Crippen LogP contribution in [0.2, 0.25) is 5.02 Å². The standard InChI is InChI=1S/C21H22ClNO4/c22-16-10-15(11-18-20(16)27-9-8-26-18)17(24)12-23-21(25)19(14-6-7-14)13-4-2-1-3-5-13/h1-5,10-11,14,17,19,24H,6-9,12H2,(H,23,25). The molecule has 1 aliphatic carbocycles. The Morgan fingerprint density at radius 3 is 2.63 bits per heavy atom. The summed E-state index contributed by atoms with van der Waals surface area (Å²) in [6.45, 7) is 1.01. The molecule has 1 heterocycles. The van der Waals surface area contributed by atoms with Gasteiger partial charge in [0.15, 0.2) is 11.5 Å². The SMILES string of the molecule is O=C(NCC(O)c1cc(Cl)c2c(c1)OCCO2)C(c1ccccc1)C1CC1. The van der Waals surface area contributed by atoms with Crippen molar-refractivity contribution >= 4 is 17.5 Å². The van der Waals surface area contributed by atoms with Crippen LogP contribution in [0.3, 0.4) is 0 Å². The Labute approximate surface area is 163 Å². The highest BCUT2D eigenvalue weighted by molar-refractivity contribution is 6.32. The summed E-state index contributed by atoms with van der Waals surface area (Å²) < 4.78 is 11.0. The third-order valence-corrected chi connectivity index (χ3v) is 5.29. The van der Waals surface area contributed by atoms with Crippen LogP contribution in [0.4, 0.5) is 0 Å². The zero-order valence-electron chi connectivity index (χ0n) is 14.9. The minimum atomic E-state index is -0.877. The molecule has 0 bridgehead atoms. The quantitative estimate of drug-likeness (QED) is 0.796. The van der Waals surface area contributed by atoms with Gasteiger partial charge in [-0.3, -0.25) is 4.79 Å². The van der Waals surface area contributed by atoms with E-state index in [1.54, 1.807) is 12.1 Å². The second-order valence-electron chi connectivity index (χ2n) is 7.01. The van der Waals surface area contributed by atoms with E-state index in [0.717, 1.165) is 18.4 Å². The third-order valence-electron chi connectivity index (χ3n) is 5.01. The van der Waals surface area contributed by atoms with E-state index < -0.39 is 6.10 Å². The van der Waals surface area contributed by atoms with Gasteiger partial charge in [0.1, 0.15) is 13.2 Å². The number of ether oxygens (including phenoxy) is 2. The number of aliphatic hydroxyl groups excluding tert-OH is 1. The average molecular weight is 388 g/mol. The van der Waals surface area contributed by atoms with Crippen LogP contribution in [0.1, 0.15) is 36.0 Å². The fourth-order valence-electron chi connectivity index (χ4n) is 3.48. The van der Waals surface area contributed by atoms with Crippen molar-refractivity contribution in [1.82, 2.24) is 5.32 Å². The molecule has 27 heavy (non-hydrogen) atoms. The van der Waals surface area contributed by atoms with Crippen LogP contribution in [0.25, 0.3) is 0 Å². The molecule has 6 heteroatoms. The maximum absolute atomic E-state index is 12.8. The molecule has 0 saturated heterocycles. The van der Waals surface area contributed by atoms with Gasteiger partial charge in [0.05, 0.1) is 17.0 Å². The molecular weight excluding hydrogens is 366 g/mol. The molecule has 2 N–H and O–H groups in total. The van der Waals surface area contributed by atoms with Crippen LogP contribution >= 0.6 is 11.6 Å². The third kappa shape index (κ3) is 4.04. The number of amides is 1. The molecule has 2 aromatic rings. The van der Waals surface area contributed by atoms with E-state index in [1.165, 1.54) is 0 Å². The van der Waals surface area contributed by atoms with E-state index in [0.29, 0.717) is 41.2 Å². The predicted octanol–water partition coefficient (Wildman–Crippen LogP) is 3.45. The number of carbonyl (C=O) groups excluding carboxylic acids is 1. The Bertz CT molecular complexity index is 822. The highest BCUT2D eigenvalue weighted by Gasteiger charge is 2.37. The molecule has 1 saturated carbocycles. The number of hydrogen-bond acceptors (Lipinski definition) is 4. The number of carbonyl (C=O) groups is 1. The van der Waals surface area contributed by atoms with E-state index >= 15 is 0 Å². The fourth-order valence-corrected chi connectivity index (χ4v) is 3.75. The molecule has 4 rings (SSSR count). The number of benzene rings is 2. The van der Waals surface area contributed by atoms with Crippen molar-refractivity contribution in [1.29, 1.82) is 0 Å². The molecule has 142 valence electrons. The number of rotatable bonds is 6. The summed E-state index contributed by atoms with van der Waals surface area (Å²) in [5.74, 6) is 1.19. The Kier molecular flexibility index (Phi) is 5.23. The lowest BCUT2D eigenvalue weighted by Crippen LogP contribution is -2.33. The summed E-state index contributed by atoms with van der Waals surface area (Å²) in [6.07, 6.45) is 1.25. The molecule has 0 radical (unpaired) electrons. The number of nitrogens with one attached hydrogen (secondary N) is 1. The molecular formula is C21H22ClNO4.